The minimum atomic E-state index is -1.08. The number of piperidine rings is 1. The number of aliphatic hydroxyl groups is 1. The lowest BCUT2D eigenvalue weighted by Crippen LogP contribution is -3.12. The van der Waals surface area contributed by atoms with E-state index in [2.05, 4.69) is 32.6 Å². The van der Waals surface area contributed by atoms with Crippen LogP contribution in [0.4, 0.5) is 0 Å². The van der Waals surface area contributed by atoms with Crippen molar-refractivity contribution >= 4 is 0 Å². The third kappa shape index (κ3) is 3.97. The van der Waals surface area contributed by atoms with Crippen molar-refractivity contribution in [2.24, 2.45) is 5.41 Å². The maximum atomic E-state index is 11.5. The molecule has 0 radical (unpaired) electrons. The van der Waals surface area contributed by atoms with Crippen LogP contribution < -0.4 is 4.90 Å². The summed E-state index contributed by atoms with van der Waals surface area (Å²) >= 11 is 0. The summed E-state index contributed by atoms with van der Waals surface area (Å²) in [4.78, 5) is 1.56. The fourth-order valence-electron chi connectivity index (χ4n) is 3.54. The largest absolute Gasteiger partial charge is 0.373 e. The SMILES string of the molecule is CCC(C)(CC)[C@@](O)(C#CC[NH+]1CCCCC1)c1ccccc1. The van der Waals surface area contributed by atoms with Gasteiger partial charge < -0.3 is 10.0 Å². The summed E-state index contributed by atoms with van der Waals surface area (Å²) in [6.07, 6.45) is 5.78. The van der Waals surface area contributed by atoms with Crippen LogP contribution in [-0.2, 0) is 5.60 Å². The van der Waals surface area contributed by atoms with E-state index in [9.17, 15) is 5.11 Å². The van der Waals surface area contributed by atoms with Gasteiger partial charge in [-0.2, -0.15) is 0 Å². The average molecular weight is 314 g/mol. The monoisotopic (exact) mass is 314 g/mol. The van der Waals surface area contributed by atoms with Crippen molar-refractivity contribution in [3.63, 3.8) is 0 Å². The molecule has 1 aromatic rings. The Labute approximate surface area is 141 Å². The third-order valence-corrected chi connectivity index (χ3v) is 5.79. The molecule has 2 rings (SSSR count). The van der Waals surface area contributed by atoms with Gasteiger partial charge in [-0.15, -0.1) is 0 Å². The van der Waals surface area contributed by atoms with E-state index < -0.39 is 5.60 Å². The molecular formula is C21H32NO+. The maximum Gasteiger partial charge on any atom is 0.156 e. The van der Waals surface area contributed by atoms with Crippen LogP contribution in [0, 0.1) is 17.3 Å². The van der Waals surface area contributed by atoms with Crippen molar-refractivity contribution in [3.05, 3.63) is 35.9 Å². The van der Waals surface area contributed by atoms with Gasteiger partial charge in [-0.3, -0.25) is 0 Å². The van der Waals surface area contributed by atoms with E-state index in [1.54, 1.807) is 4.90 Å². The number of nitrogens with one attached hydrogen (secondary N) is 1. The standard InChI is InChI=1S/C21H31NO/c1-4-20(3,5-2)21(23,19-13-8-6-9-14-19)15-12-18-22-16-10-7-11-17-22/h6,8-9,13-14,23H,4-5,7,10-11,16-18H2,1-3H3/p+1/t21-/m1/s1. The van der Waals surface area contributed by atoms with Crippen LogP contribution in [-0.4, -0.2) is 24.7 Å². The van der Waals surface area contributed by atoms with Gasteiger partial charge in [0, 0.05) is 5.41 Å². The molecule has 1 fully saturated rings. The highest BCUT2D eigenvalue weighted by Gasteiger charge is 2.44. The molecule has 0 unspecified atom stereocenters. The molecule has 1 saturated heterocycles. The van der Waals surface area contributed by atoms with E-state index in [-0.39, 0.29) is 5.41 Å². The predicted octanol–water partition coefficient (Wildman–Crippen LogP) is 2.77. The Hall–Kier alpha value is -1.30. The second-order valence-corrected chi connectivity index (χ2v) is 7.13. The van der Waals surface area contributed by atoms with Crippen LogP contribution in [0.3, 0.4) is 0 Å². The fourth-order valence-corrected chi connectivity index (χ4v) is 3.54. The number of rotatable bonds is 5. The van der Waals surface area contributed by atoms with Crippen molar-refractivity contribution in [3.8, 4) is 11.8 Å². The van der Waals surface area contributed by atoms with Gasteiger partial charge in [-0.1, -0.05) is 57.0 Å². The van der Waals surface area contributed by atoms with Crippen molar-refractivity contribution in [2.75, 3.05) is 19.6 Å². The predicted molar refractivity (Wildman–Crippen MR) is 96.2 cm³/mol. The van der Waals surface area contributed by atoms with E-state index in [0.717, 1.165) is 24.9 Å². The lowest BCUT2D eigenvalue weighted by molar-refractivity contribution is -0.897. The summed E-state index contributed by atoms with van der Waals surface area (Å²) in [6, 6.07) is 9.98. The topological polar surface area (TPSA) is 24.7 Å². The normalized spacial score (nSPS) is 18.8. The lowest BCUT2D eigenvalue weighted by Gasteiger charge is -2.41. The van der Waals surface area contributed by atoms with E-state index in [4.69, 9.17) is 0 Å². The van der Waals surface area contributed by atoms with Crippen LogP contribution in [0.15, 0.2) is 30.3 Å². The summed E-state index contributed by atoms with van der Waals surface area (Å²) in [5.74, 6) is 6.62. The van der Waals surface area contributed by atoms with Crippen molar-refractivity contribution in [2.45, 2.75) is 58.5 Å². The highest BCUT2D eigenvalue weighted by Crippen LogP contribution is 2.44. The minimum Gasteiger partial charge on any atom is -0.373 e. The Morgan fingerprint density at radius 3 is 2.22 bits per heavy atom. The number of hydrogen-bond donors (Lipinski definition) is 2. The zero-order valence-corrected chi connectivity index (χ0v) is 15.0. The Balaban J connectivity index is 2.27. The molecule has 0 amide bonds. The van der Waals surface area contributed by atoms with Gasteiger partial charge in [-0.05, 0) is 43.6 Å². The highest BCUT2D eigenvalue weighted by molar-refractivity contribution is 5.35. The molecule has 1 heterocycles. The highest BCUT2D eigenvalue weighted by atomic mass is 16.3. The Morgan fingerprint density at radius 2 is 1.65 bits per heavy atom. The smallest absolute Gasteiger partial charge is 0.156 e. The quantitative estimate of drug-likeness (QED) is 0.803. The Kier molecular flexibility index (Phi) is 6.27. The molecule has 1 aliphatic heterocycles. The number of benzene rings is 1. The van der Waals surface area contributed by atoms with Gasteiger partial charge in [-0.25, -0.2) is 0 Å². The van der Waals surface area contributed by atoms with Crippen LogP contribution in [0.1, 0.15) is 58.4 Å². The van der Waals surface area contributed by atoms with Gasteiger partial charge >= 0.3 is 0 Å². The first-order valence-corrected chi connectivity index (χ1v) is 9.17. The zero-order valence-electron chi connectivity index (χ0n) is 15.0. The van der Waals surface area contributed by atoms with Gasteiger partial charge in [0.15, 0.2) is 5.60 Å². The summed E-state index contributed by atoms with van der Waals surface area (Å²) in [6.45, 7) is 9.74. The first kappa shape index (κ1) is 18.0. The molecule has 1 atom stereocenters. The molecule has 2 heteroatoms. The third-order valence-electron chi connectivity index (χ3n) is 5.79. The average Bonchev–Trinajstić information content (AvgIpc) is 2.62. The van der Waals surface area contributed by atoms with Crippen molar-refractivity contribution in [1.82, 2.24) is 0 Å². The summed E-state index contributed by atoms with van der Waals surface area (Å²) in [5.41, 5.74) is -0.390. The van der Waals surface area contributed by atoms with Crippen LogP contribution in [0.2, 0.25) is 0 Å². The number of likely N-dealkylation sites (tertiary alicyclic amines) is 1. The molecule has 2 N–H and O–H groups in total. The molecule has 0 aromatic heterocycles. The Bertz CT molecular complexity index is 532. The molecule has 0 spiro atoms. The Morgan fingerprint density at radius 1 is 1.04 bits per heavy atom. The molecule has 0 aliphatic carbocycles. The summed E-state index contributed by atoms with van der Waals surface area (Å²) < 4.78 is 0. The molecule has 0 saturated carbocycles. The second-order valence-electron chi connectivity index (χ2n) is 7.13. The van der Waals surface area contributed by atoms with Crippen molar-refractivity contribution in [1.29, 1.82) is 0 Å². The van der Waals surface area contributed by atoms with Gasteiger partial charge in [0.25, 0.3) is 0 Å². The first-order valence-electron chi connectivity index (χ1n) is 9.17. The molecular weight excluding hydrogens is 282 g/mol. The number of hydrogen-bond acceptors (Lipinski definition) is 1. The molecule has 1 aromatic carbocycles. The van der Waals surface area contributed by atoms with E-state index in [1.165, 1.54) is 32.4 Å². The molecule has 1 aliphatic rings. The van der Waals surface area contributed by atoms with Gasteiger partial charge in [0.05, 0.1) is 13.1 Å². The van der Waals surface area contributed by atoms with Crippen LogP contribution in [0.5, 0.6) is 0 Å². The second kappa shape index (κ2) is 7.99. The summed E-state index contributed by atoms with van der Waals surface area (Å²) in [5, 5.41) is 11.5. The first-order chi connectivity index (χ1) is 11.1. The molecule has 126 valence electrons. The molecule has 23 heavy (non-hydrogen) atoms. The van der Waals surface area contributed by atoms with E-state index in [0.29, 0.717) is 0 Å². The molecule has 2 nitrogen and oxygen atoms in total. The van der Waals surface area contributed by atoms with Gasteiger partial charge in [0.1, 0.15) is 6.54 Å². The van der Waals surface area contributed by atoms with Crippen molar-refractivity contribution < 1.29 is 10.0 Å². The van der Waals surface area contributed by atoms with Crippen LogP contribution in [0.25, 0.3) is 0 Å². The fraction of sp³-hybridized carbons (Fsp3) is 0.619. The van der Waals surface area contributed by atoms with E-state index >= 15 is 0 Å². The summed E-state index contributed by atoms with van der Waals surface area (Å²) in [7, 11) is 0. The van der Waals surface area contributed by atoms with E-state index in [1.807, 2.05) is 30.3 Å². The zero-order chi connectivity index (χ0) is 16.8. The molecule has 0 bridgehead atoms. The lowest BCUT2D eigenvalue weighted by atomic mass is 9.66. The van der Waals surface area contributed by atoms with Gasteiger partial charge in [0.2, 0.25) is 0 Å². The minimum absolute atomic E-state index is 0.238. The maximum absolute atomic E-state index is 11.5. The van der Waals surface area contributed by atoms with Crippen LogP contribution >= 0.6 is 0 Å². The number of quaternary nitrogens is 1.